The summed E-state index contributed by atoms with van der Waals surface area (Å²) in [5.74, 6) is 0. The Kier molecular flexibility index (Phi) is 6.30. The number of morpholine rings is 1. The van der Waals surface area contributed by atoms with Gasteiger partial charge in [-0.2, -0.15) is 0 Å². The van der Waals surface area contributed by atoms with E-state index in [0.717, 1.165) is 42.2 Å². The summed E-state index contributed by atoms with van der Waals surface area (Å²) >= 11 is 9.68. The summed E-state index contributed by atoms with van der Waals surface area (Å²) < 4.78 is 6.91. The lowest BCUT2D eigenvalue weighted by atomic mass is 9.98. The van der Waals surface area contributed by atoms with Gasteiger partial charge in [-0.05, 0) is 53.6 Å². The van der Waals surface area contributed by atoms with E-state index in [9.17, 15) is 0 Å². The van der Waals surface area contributed by atoms with E-state index in [0.29, 0.717) is 0 Å². The third-order valence-corrected chi connectivity index (χ3v) is 4.89. The van der Waals surface area contributed by atoms with Crippen LogP contribution in [0.1, 0.15) is 24.9 Å². The van der Waals surface area contributed by atoms with Crippen molar-refractivity contribution < 1.29 is 4.74 Å². The SMILES string of the molecule is CCCNCC1OCCN(C)C1c1ccc(Br)c(Cl)c1. The molecule has 1 aliphatic heterocycles. The quantitative estimate of drug-likeness (QED) is 0.813. The third kappa shape index (κ3) is 3.95. The number of hydrogen-bond donors (Lipinski definition) is 1. The van der Waals surface area contributed by atoms with Crippen molar-refractivity contribution in [3.8, 4) is 0 Å². The van der Waals surface area contributed by atoms with Crippen LogP contribution in [0, 0.1) is 0 Å². The summed E-state index contributed by atoms with van der Waals surface area (Å²) in [5.41, 5.74) is 1.21. The molecule has 1 N–H and O–H groups in total. The van der Waals surface area contributed by atoms with E-state index in [1.54, 1.807) is 0 Å². The molecule has 0 saturated carbocycles. The molecule has 2 unspecified atom stereocenters. The molecular weight excluding hydrogens is 340 g/mol. The van der Waals surface area contributed by atoms with Gasteiger partial charge in [0.05, 0.1) is 23.8 Å². The smallest absolute Gasteiger partial charge is 0.0896 e. The lowest BCUT2D eigenvalue weighted by molar-refractivity contribution is -0.0612. The second-order valence-electron chi connectivity index (χ2n) is 5.21. The molecule has 0 spiro atoms. The maximum atomic E-state index is 6.23. The predicted molar refractivity (Wildman–Crippen MR) is 87.4 cm³/mol. The maximum Gasteiger partial charge on any atom is 0.0896 e. The van der Waals surface area contributed by atoms with Crippen molar-refractivity contribution in [3.05, 3.63) is 33.3 Å². The molecule has 1 saturated heterocycles. The Morgan fingerprint density at radius 3 is 3.00 bits per heavy atom. The Hall–Kier alpha value is -0.130. The van der Waals surface area contributed by atoms with Crippen LogP contribution in [0.15, 0.2) is 22.7 Å². The van der Waals surface area contributed by atoms with Crippen LogP contribution in [-0.4, -0.2) is 44.3 Å². The average molecular weight is 362 g/mol. The molecule has 0 aliphatic carbocycles. The molecule has 2 atom stereocenters. The highest BCUT2D eigenvalue weighted by molar-refractivity contribution is 9.10. The van der Waals surface area contributed by atoms with Gasteiger partial charge < -0.3 is 10.1 Å². The van der Waals surface area contributed by atoms with Crippen LogP contribution in [0.3, 0.4) is 0 Å². The summed E-state index contributed by atoms with van der Waals surface area (Å²) in [5, 5.41) is 4.21. The van der Waals surface area contributed by atoms with E-state index in [1.165, 1.54) is 5.56 Å². The highest BCUT2D eigenvalue weighted by Gasteiger charge is 2.31. The molecule has 2 rings (SSSR count). The van der Waals surface area contributed by atoms with E-state index < -0.39 is 0 Å². The van der Waals surface area contributed by atoms with Crippen molar-refractivity contribution in [2.24, 2.45) is 0 Å². The van der Waals surface area contributed by atoms with Gasteiger partial charge in [-0.25, -0.2) is 0 Å². The zero-order chi connectivity index (χ0) is 14.5. The van der Waals surface area contributed by atoms with Gasteiger partial charge in [-0.1, -0.05) is 24.6 Å². The van der Waals surface area contributed by atoms with Gasteiger partial charge in [0.25, 0.3) is 0 Å². The molecular formula is C15H22BrClN2O. The zero-order valence-electron chi connectivity index (χ0n) is 12.0. The topological polar surface area (TPSA) is 24.5 Å². The minimum absolute atomic E-state index is 0.164. The number of benzene rings is 1. The van der Waals surface area contributed by atoms with Gasteiger partial charge in [-0.15, -0.1) is 0 Å². The van der Waals surface area contributed by atoms with Crippen molar-refractivity contribution in [2.45, 2.75) is 25.5 Å². The maximum absolute atomic E-state index is 6.23. The van der Waals surface area contributed by atoms with E-state index in [-0.39, 0.29) is 12.1 Å². The fraction of sp³-hybridized carbons (Fsp3) is 0.600. The van der Waals surface area contributed by atoms with Crippen molar-refractivity contribution >= 4 is 27.5 Å². The number of nitrogens with one attached hydrogen (secondary N) is 1. The van der Waals surface area contributed by atoms with Crippen molar-refractivity contribution in [1.82, 2.24) is 10.2 Å². The Balaban J connectivity index is 2.15. The first-order valence-corrected chi connectivity index (χ1v) is 8.28. The molecule has 0 amide bonds. The predicted octanol–water partition coefficient (Wildman–Crippen LogP) is 3.47. The van der Waals surface area contributed by atoms with E-state index >= 15 is 0 Å². The monoisotopic (exact) mass is 360 g/mol. The highest BCUT2D eigenvalue weighted by atomic mass is 79.9. The first-order valence-electron chi connectivity index (χ1n) is 7.11. The van der Waals surface area contributed by atoms with Crippen LogP contribution in [0.5, 0.6) is 0 Å². The number of hydrogen-bond acceptors (Lipinski definition) is 3. The minimum Gasteiger partial charge on any atom is -0.374 e. The molecule has 0 bridgehead atoms. The first kappa shape index (κ1) is 16.2. The fourth-order valence-electron chi connectivity index (χ4n) is 2.62. The third-order valence-electron chi connectivity index (χ3n) is 3.66. The summed E-state index contributed by atoms with van der Waals surface area (Å²) in [6.45, 7) is 5.80. The Morgan fingerprint density at radius 2 is 2.30 bits per heavy atom. The molecule has 20 heavy (non-hydrogen) atoms. The number of nitrogens with zero attached hydrogens (tertiary/aromatic N) is 1. The van der Waals surface area contributed by atoms with Gasteiger partial charge in [0.15, 0.2) is 0 Å². The molecule has 3 nitrogen and oxygen atoms in total. The molecule has 5 heteroatoms. The standard InChI is InChI=1S/C15H22BrClN2O/c1-3-6-18-10-14-15(19(2)7-8-20-14)11-4-5-12(16)13(17)9-11/h4-5,9,14-15,18H,3,6-8,10H2,1-2H3. The number of ether oxygens (including phenoxy) is 1. The Labute approximate surface area is 134 Å². The highest BCUT2D eigenvalue weighted by Crippen LogP contribution is 2.32. The Morgan fingerprint density at radius 1 is 1.50 bits per heavy atom. The van der Waals surface area contributed by atoms with E-state index in [2.05, 4.69) is 46.2 Å². The summed E-state index contributed by atoms with van der Waals surface area (Å²) in [6, 6.07) is 6.42. The number of halogens is 2. The van der Waals surface area contributed by atoms with Gasteiger partial charge in [-0.3, -0.25) is 4.90 Å². The van der Waals surface area contributed by atoms with Gasteiger partial charge >= 0.3 is 0 Å². The molecule has 0 aromatic heterocycles. The van der Waals surface area contributed by atoms with E-state index in [1.807, 2.05) is 12.1 Å². The second-order valence-corrected chi connectivity index (χ2v) is 6.47. The molecule has 1 heterocycles. The van der Waals surface area contributed by atoms with Crippen LogP contribution in [0.4, 0.5) is 0 Å². The molecule has 1 aromatic carbocycles. The van der Waals surface area contributed by atoms with Gasteiger partial charge in [0.2, 0.25) is 0 Å². The van der Waals surface area contributed by atoms with Gasteiger partial charge in [0, 0.05) is 17.6 Å². The molecule has 112 valence electrons. The molecule has 0 radical (unpaired) electrons. The Bertz CT molecular complexity index is 444. The van der Waals surface area contributed by atoms with Crippen molar-refractivity contribution in [2.75, 3.05) is 33.3 Å². The van der Waals surface area contributed by atoms with Crippen LogP contribution >= 0.6 is 27.5 Å². The average Bonchev–Trinajstić information content (AvgIpc) is 2.43. The van der Waals surface area contributed by atoms with Gasteiger partial charge in [0.1, 0.15) is 0 Å². The van der Waals surface area contributed by atoms with Crippen LogP contribution in [0.25, 0.3) is 0 Å². The fourth-order valence-corrected chi connectivity index (χ4v) is 3.05. The lowest BCUT2D eigenvalue weighted by Gasteiger charge is -2.39. The number of rotatable bonds is 5. The van der Waals surface area contributed by atoms with Crippen LogP contribution in [-0.2, 0) is 4.74 Å². The van der Waals surface area contributed by atoms with Crippen LogP contribution < -0.4 is 5.32 Å². The minimum atomic E-state index is 0.164. The normalized spacial score (nSPS) is 24.0. The molecule has 1 fully saturated rings. The van der Waals surface area contributed by atoms with Crippen LogP contribution in [0.2, 0.25) is 5.02 Å². The largest absolute Gasteiger partial charge is 0.374 e. The van der Waals surface area contributed by atoms with Crippen molar-refractivity contribution in [1.29, 1.82) is 0 Å². The summed E-state index contributed by atoms with van der Waals surface area (Å²) in [7, 11) is 2.15. The van der Waals surface area contributed by atoms with E-state index in [4.69, 9.17) is 16.3 Å². The summed E-state index contributed by atoms with van der Waals surface area (Å²) in [6.07, 6.45) is 1.30. The second kappa shape index (κ2) is 7.76. The molecule has 1 aliphatic rings. The zero-order valence-corrected chi connectivity index (χ0v) is 14.4. The number of likely N-dealkylation sites (N-methyl/N-ethyl adjacent to an activating group) is 1. The molecule has 1 aromatic rings. The lowest BCUT2D eigenvalue weighted by Crippen LogP contribution is -2.47. The summed E-state index contributed by atoms with van der Waals surface area (Å²) in [4.78, 5) is 2.35. The first-order chi connectivity index (χ1) is 9.63. The van der Waals surface area contributed by atoms with Crippen molar-refractivity contribution in [3.63, 3.8) is 0 Å².